The van der Waals surface area contributed by atoms with Gasteiger partial charge >= 0.3 is 0 Å². The molecule has 2 aromatic carbocycles. The van der Waals surface area contributed by atoms with Gasteiger partial charge in [0.2, 0.25) is 0 Å². The van der Waals surface area contributed by atoms with Crippen LogP contribution in [-0.4, -0.2) is 12.6 Å². The fraction of sp³-hybridized carbons (Fsp3) is 0.333. The first-order chi connectivity index (χ1) is 11.3. The van der Waals surface area contributed by atoms with Gasteiger partial charge in [-0.25, -0.2) is 11.3 Å². The highest BCUT2D eigenvalue weighted by atomic mass is 16.6. The van der Waals surface area contributed by atoms with E-state index in [1.807, 2.05) is 30.3 Å². The number of benzene rings is 2. The predicted molar refractivity (Wildman–Crippen MR) is 90.8 cm³/mol. The number of ether oxygens (including phenoxy) is 1. The van der Waals surface area contributed by atoms with Crippen LogP contribution < -0.4 is 21.5 Å². The normalized spacial score (nSPS) is 16.5. The van der Waals surface area contributed by atoms with Crippen LogP contribution in [-0.2, 0) is 17.9 Å². The molecular weight excluding hydrogens is 290 g/mol. The fourth-order valence-corrected chi connectivity index (χ4v) is 2.76. The van der Waals surface area contributed by atoms with Gasteiger partial charge < -0.3 is 10.2 Å². The van der Waals surface area contributed by atoms with Crippen molar-refractivity contribution in [2.45, 2.75) is 32.0 Å². The zero-order valence-corrected chi connectivity index (χ0v) is 13.1. The second-order valence-corrected chi connectivity index (χ2v) is 5.73. The number of rotatable bonds is 7. The molecule has 122 valence electrons. The molecule has 0 radical (unpaired) electrons. The van der Waals surface area contributed by atoms with E-state index in [2.05, 4.69) is 33.9 Å². The van der Waals surface area contributed by atoms with Crippen LogP contribution in [0.4, 0.5) is 5.69 Å². The molecule has 4 N–H and O–H groups in total. The summed E-state index contributed by atoms with van der Waals surface area (Å²) in [6, 6.07) is 16.3. The Balaban J connectivity index is 1.39. The summed E-state index contributed by atoms with van der Waals surface area (Å²) in [7, 11) is 0. The maximum Gasteiger partial charge on any atom is 0.122 e. The number of para-hydroxylation sites is 1. The fourth-order valence-electron chi connectivity index (χ4n) is 2.76. The lowest BCUT2D eigenvalue weighted by Crippen LogP contribution is -2.30. The average Bonchev–Trinajstić information content (AvgIpc) is 2.60. The summed E-state index contributed by atoms with van der Waals surface area (Å²) in [6.45, 7) is 1.27. The molecule has 0 saturated carbocycles. The molecule has 0 amide bonds. The van der Waals surface area contributed by atoms with Crippen molar-refractivity contribution < 1.29 is 9.57 Å². The third-order valence-corrected chi connectivity index (χ3v) is 4.03. The summed E-state index contributed by atoms with van der Waals surface area (Å²) in [5.74, 6) is 6.09. The molecule has 0 aliphatic carbocycles. The second kappa shape index (κ2) is 7.97. The Hall–Kier alpha value is -2.08. The minimum Gasteiger partial charge on any atom is -0.490 e. The van der Waals surface area contributed by atoms with Gasteiger partial charge in [-0.1, -0.05) is 30.3 Å². The number of hydrogen-bond donors (Lipinski definition) is 3. The van der Waals surface area contributed by atoms with E-state index < -0.39 is 0 Å². The lowest BCUT2D eigenvalue weighted by atomic mass is 10.0. The van der Waals surface area contributed by atoms with E-state index in [0.29, 0.717) is 6.61 Å². The Kier molecular flexibility index (Phi) is 5.47. The highest BCUT2D eigenvalue weighted by molar-refractivity contribution is 5.43. The van der Waals surface area contributed by atoms with Gasteiger partial charge in [0.05, 0.1) is 6.61 Å². The number of fused-ring (bicyclic) bond motifs is 1. The van der Waals surface area contributed by atoms with Crippen molar-refractivity contribution in [1.29, 1.82) is 0 Å². The number of anilines is 1. The highest BCUT2D eigenvalue weighted by Gasteiger charge is 2.18. The molecule has 0 saturated heterocycles. The van der Waals surface area contributed by atoms with Crippen molar-refractivity contribution in [3.05, 3.63) is 59.7 Å². The van der Waals surface area contributed by atoms with E-state index in [-0.39, 0.29) is 6.10 Å². The van der Waals surface area contributed by atoms with Gasteiger partial charge in [-0.05, 0) is 48.6 Å². The van der Waals surface area contributed by atoms with Crippen molar-refractivity contribution in [2.24, 2.45) is 5.90 Å². The molecule has 1 atom stereocenters. The molecule has 5 heteroatoms. The van der Waals surface area contributed by atoms with Gasteiger partial charge in [-0.3, -0.25) is 4.84 Å². The Labute approximate surface area is 136 Å². The zero-order chi connectivity index (χ0) is 15.9. The maximum atomic E-state index is 6.03. The molecular formula is C18H23N3O2. The first-order valence-electron chi connectivity index (χ1n) is 7.99. The van der Waals surface area contributed by atoms with Crippen LogP contribution in [0.5, 0.6) is 5.75 Å². The molecule has 1 unspecified atom stereocenters. The van der Waals surface area contributed by atoms with Crippen LogP contribution >= 0.6 is 0 Å². The summed E-state index contributed by atoms with van der Waals surface area (Å²) in [6.07, 6.45) is 3.43. The van der Waals surface area contributed by atoms with Crippen LogP contribution in [0.1, 0.15) is 24.0 Å². The molecule has 3 rings (SSSR count). The Morgan fingerprint density at radius 1 is 1.13 bits per heavy atom. The number of hydrogen-bond acceptors (Lipinski definition) is 5. The zero-order valence-electron chi connectivity index (χ0n) is 13.1. The van der Waals surface area contributed by atoms with Crippen molar-refractivity contribution in [3.8, 4) is 5.75 Å². The van der Waals surface area contributed by atoms with Crippen LogP contribution in [0, 0.1) is 0 Å². The van der Waals surface area contributed by atoms with E-state index >= 15 is 0 Å². The van der Waals surface area contributed by atoms with Crippen molar-refractivity contribution in [3.63, 3.8) is 0 Å². The maximum absolute atomic E-state index is 6.03. The lowest BCUT2D eigenvalue weighted by Gasteiger charge is -2.26. The molecule has 1 aliphatic rings. The Bertz CT molecular complexity index is 616. The monoisotopic (exact) mass is 313 g/mol. The van der Waals surface area contributed by atoms with Crippen molar-refractivity contribution in [2.75, 3.05) is 12.0 Å². The minimum absolute atomic E-state index is 0.281. The molecule has 0 fully saturated rings. The average molecular weight is 313 g/mol. The SMILES string of the molecule is NOCc1ccc(NNCCC2CCc3ccccc3O2)cc1. The van der Waals surface area contributed by atoms with Crippen molar-refractivity contribution >= 4 is 5.69 Å². The summed E-state index contributed by atoms with van der Waals surface area (Å²) in [5, 5.41) is 0. The van der Waals surface area contributed by atoms with Gasteiger partial charge in [-0.15, -0.1) is 0 Å². The van der Waals surface area contributed by atoms with Crippen LogP contribution in [0.3, 0.4) is 0 Å². The molecule has 2 aromatic rings. The first kappa shape index (κ1) is 15.8. The molecule has 1 heterocycles. The third-order valence-electron chi connectivity index (χ3n) is 4.03. The number of aryl methyl sites for hydroxylation is 1. The number of nitrogens with two attached hydrogens (primary N) is 1. The molecule has 1 aliphatic heterocycles. The standard InChI is InChI=1S/C18H23N3O2/c19-22-13-14-5-8-16(9-6-14)21-20-12-11-17-10-7-15-3-1-2-4-18(15)23-17/h1-6,8-9,17,20-21H,7,10-13,19H2. The molecule has 0 bridgehead atoms. The van der Waals surface area contributed by atoms with E-state index in [9.17, 15) is 0 Å². The summed E-state index contributed by atoms with van der Waals surface area (Å²) in [5.41, 5.74) is 9.81. The van der Waals surface area contributed by atoms with Gasteiger partial charge in [-0.2, -0.15) is 0 Å². The van der Waals surface area contributed by atoms with Gasteiger partial charge in [0.15, 0.2) is 0 Å². The predicted octanol–water partition coefficient (Wildman–Crippen LogP) is 2.78. The van der Waals surface area contributed by atoms with Crippen LogP contribution in [0.25, 0.3) is 0 Å². The molecule has 5 nitrogen and oxygen atoms in total. The molecule has 0 aromatic heterocycles. The number of hydrazine groups is 1. The van der Waals surface area contributed by atoms with E-state index in [1.54, 1.807) is 0 Å². The van der Waals surface area contributed by atoms with Crippen LogP contribution in [0.2, 0.25) is 0 Å². The Morgan fingerprint density at radius 2 is 1.96 bits per heavy atom. The van der Waals surface area contributed by atoms with Gasteiger partial charge in [0.25, 0.3) is 0 Å². The minimum atomic E-state index is 0.281. The summed E-state index contributed by atoms with van der Waals surface area (Å²) >= 11 is 0. The summed E-state index contributed by atoms with van der Waals surface area (Å²) in [4.78, 5) is 4.61. The topological polar surface area (TPSA) is 68.5 Å². The summed E-state index contributed by atoms with van der Waals surface area (Å²) < 4.78 is 6.03. The smallest absolute Gasteiger partial charge is 0.122 e. The lowest BCUT2D eigenvalue weighted by molar-refractivity contribution is 0.124. The van der Waals surface area contributed by atoms with Gasteiger partial charge in [0, 0.05) is 12.2 Å². The highest BCUT2D eigenvalue weighted by Crippen LogP contribution is 2.27. The Morgan fingerprint density at radius 3 is 2.78 bits per heavy atom. The van der Waals surface area contributed by atoms with E-state index in [4.69, 9.17) is 10.6 Å². The second-order valence-electron chi connectivity index (χ2n) is 5.73. The van der Waals surface area contributed by atoms with Gasteiger partial charge in [0.1, 0.15) is 11.9 Å². The quantitative estimate of drug-likeness (QED) is 0.542. The molecule has 23 heavy (non-hydrogen) atoms. The van der Waals surface area contributed by atoms with E-state index in [1.165, 1.54) is 5.56 Å². The number of nitrogens with one attached hydrogen (secondary N) is 2. The first-order valence-corrected chi connectivity index (χ1v) is 7.99. The largest absolute Gasteiger partial charge is 0.490 e. The third kappa shape index (κ3) is 4.45. The van der Waals surface area contributed by atoms with E-state index in [0.717, 1.165) is 42.8 Å². The molecule has 0 spiro atoms. The van der Waals surface area contributed by atoms with Crippen molar-refractivity contribution in [1.82, 2.24) is 5.43 Å². The van der Waals surface area contributed by atoms with Crippen LogP contribution in [0.15, 0.2) is 48.5 Å².